The number of hydrogen-bond acceptors (Lipinski definition) is 0. The summed E-state index contributed by atoms with van der Waals surface area (Å²) in [5.41, 5.74) is 7.24. The van der Waals surface area contributed by atoms with Crippen LogP contribution in [-0.2, 0) is 18.3 Å². The minimum absolute atomic E-state index is 0.153. The van der Waals surface area contributed by atoms with E-state index in [1.807, 2.05) is 0 Å². The van der Waals surface area contributed by atoms with E-state index >= 15 is 0 Å². The van der Waals surface area contributed by atoms with Crippen LogP contribution in [0.3, 0.4) is 0 Å². The van der Waals surface area contributed by atoms with Gasteiger partial charge in [-0.15, -0.1) is 0 Å². The van der Waals surface area contributed by atoms with Crippen LogP contribution in [0.15, 0.2) is 78.9 Å². The average Bonchev–Trinajstić information content (AvgIpc) is 2.72. The van der Waals surface area contributed by atoms with Crippen molar-refractivity contribution in [2.75, 3.05) is 0 Å². The molecule has 0 spiro atoms. The first kappa shape index (κ1) is 21.4. The maximum Gasteiger partial charge on any atom is 0.0124 e. The highest BCUT2D eigenvalue weighted by Gasteiger charge is 2.24. The van der Waals surface area contributed by atoms with Crippen LogP contribution in [0.5, 0.6) is 0 Å². The SMILES string of the molecule is CCC(C)[C](Cc1ccccc1)c1ccc(C(C)(C)C)cc1Cc1ccccc1. The van der Waals surface area contributed by atoms with Gasteiger partial charge in [0.2, 0.25) is 0 Å². The molecule has 1 radical (unpaired) electrons. The van der Waals surface area contributed by atoms with Crippen LogP contribution in [0.1, 0.15) is 68.9 Å². The largest absolute Gasteiger partial charge is 0.0651 e. The first-order chi connectivity index (χ1) is 13.9. The van der Waals surface area contributed by atoms with Gasteiger partial charge in [-0.1, -0.05) is 120 Å². The Kier molecular flexibility index (Phi) is 6.96. The van der Waals surface area contributed by atoms with Gasteiger partial charge in [0.1, 0.15) is 0 Å². The second kappa shape index (κ2) is 9.44. The van der Waals surface area contributed by atoms with Gasteiger partial charge < -0.3 is 0 Å². The monoisotopic (exact) mass is 383 g/mol. The smallest absolute Gasteiger partial charge is 0.0124 e. The van der Waals surface area contributed by atoms with E-state index in [1.165, 1.54) is 27.8 Å². The Morgan fingerprint density at radius 2 is 1.38 bits per heavy atom. The van der Waals surface area contributed by atoms with Crippen LogP contribution in [0.2, 0.25) is 0 Å². The molecule has 0 amide bonds. The molecule has 29 heavy (non-hydrogen) atoms. The van der Waals surface area contributed by atoms with Gasteiger partial charge in [0.25, 0.3) is 0 Å². The maximum atomic E-state index is 2.45. The lowest BCUT2D eigenvalue weighted by molar-refractivity contribution is 0.570. The van der Waals surface area contributed by atoms with E-state index in [0.717, 1.165) is 19.3 Å². The third-order valence-corrected chi connectivity index (χ3v) is 6.00. The minimum atomic E-state index is 0.153. The lowest BCUT2D eigenvalue weighted by Crippen LogP contribution is -2.18. The van der Waals surface area contributed by atoms with Crippen LogP contribution >= 0.6 is 0 Å². The quantitative estimate of drug-likeness (QED) is 0.390. The number of benzene rings is 3. The molecule has 3 aromatic carbocycles. The molecule has 1 unspecified atom stereocenters. The predicted molar refractivity (Wildman–Crippen MR) is 126 cm³/mol. The second-order valence-corrected chi connectivity index (χ2v) is 9.28. The van der Waals surface area contributed by atoms with Gasteiger partial charge >= 0.3 is 0 Å². The highest BCUT2D eigenvalue weighted by molar-refractivity contribution is 5.47. The highest BCUT2D eigenvalue weighted by Crippen LogP contribution is 2.35. The zero-order chi connectivity index (χ0) is 20.9. The summed E-state index contributed by atoms with van der Waals surface area (Å²) in [5, 5.41) is 0. The molecule has 0 saturated heterocycles. The third-order valence-electron chi connectivity index (χ3n) is 6.00. The first-order valence-corrected chi connectivity index (χ1v) is 11.0. The van der Waals surface area contributed by atoms with Gasteiger partial charge in [0.15, 0.2) is 0 Å². The summed E-state index contributed by atoms with van der Waals surface area (Å²) in [6.45, 7) is 11.6. The Balaban J connectivity index is 2.05. The highest BCUT2D eigenvalue weighted by atomic mass is 14.3. The number of hydrogen-bond donors (Lipinski definition) is 0. The van der Waals surface area contributed by atoms with E-state index in [2.05, 4.69) is 113 Å². The van der Waals surface area contributed by atoms with Crippen molar-refractivity contribution in [3.8, 4) is 0 Å². The fourth-order valence-electron chi connectivity index (χ4n) is 3.93. The summed E-state index contributed by atoms with van der Waals surface area (Å²) in [5.74, 6) is 2.12. The third kappa shape index (κ3) is 5.60. The Hall–Kier alpha value is -2.34. The van der Waals surface area contributed by atoms with Crippen molar-refractivity contribution in [1.82, 2.24) is 0 Å². The fourth-order valence-corrected chi connectivity index (χ4v) is 3.93. The van der Waals surface area contributed by atoms with E-state index in [1.54, 1.807) is 5.92 Å². The fraction of sp³-hybridized carbons (Fsp3) is 0.345. The lowest BCUT2D eigenvalue weighted by atomic mass is 9.76. The summed E-state index contributed by atoms with van der Waals surface area (Å²) in [6.07, 6.45) is 3.16. The molecule has 0 aliphatic heterocycles. The van der Waals surface area contributed by atoms with Crippen molar-refractivity contribution in [2.45, 2.75) is 59.3 Å². The summed E-state index contributed by atoms with van der Waals surface area (Å²) < 4.78 is 0. The van der Waals surface area contributed by atoms with Gasteiger partial charge in [-0.25, -0.2) is 0 Å². The molecule has 0 bridgehead atoms. The van der Waals surface area contributed by atoms with Crippen molar-refractivity contribution in [1.29, 1.82) is 0 Å². The molecule has 0 heteroatoms. The molecule has 0 nitrogen and oxygen atoms in total. The van der Waals surface area contributed by atoms with Crippen LogP contribution in [0.4, 0.5) is 0 Å². The zero-order valence-corrected chi connectivity index (χ0v) is 18.7. The van der Waals surface area contributed by atoms with Crippen molar-refractivity contribution in [3.63, 3.8) is 0 Å². The molecule has 0 aliphatic carbocycles. The molecule has 0 aromatic heterocycles. The summed E-state index contributed by atoms with van der Waals surface area (Å²) in [4.78, 5) is 0. The van der Waals surface area contributed by atoms with Gasteiger partial charge in [0.05, 0.1) is 0 Å². The molecular formula is C29H35. The predicted octanol–water partition coefficient (Wildman–Crippen LogP) is 7.79. The second-order valence-electron chi connectivity index (χ2n) is 9.28. The van der Waals surface area contributed by atoms with E-state index in [-0.39, 0.29) is 5.41 Å². The van der Waals surface area contributed by atoms with Crippen LogP contribution in [0, 0.1) is 11.8 Å². The Bertz CT molecular complexity index is 884. The molecule has 3 aromatic rings. The molecule has 0 N–H and O–H groups in total. The van der Waals surface area contributed by atoms with Crippen LogP contribution < -0.4 is 0 Å². The van der Waals surface area contributed by atoms with Gasteiger partial charge in [0, 0.05) is 5.92 Å². The molecule has 3 rings (SSSR count). The van der Waals surface area contributed by atoms with Crippen molar-refractivity contribution in [3.05, 3.63) is 113 Å². The number of rotatable bonds is 7. The zero-order valence-electron chi connectivity index (χ0n) is 18.7. The lowest BCUT2D eigenvalue weighted by Gasteiger charge is -2.28. The average molecular weight is 384 g/mol. The minimum Gasteiger partial charge on any atom is -0.0651 e. The van der Waals surface area contributed by atoms with E-state index < -0.39 is 0 Å². The van der Waals surface area contributed by atoms with E-state index in [4.69, 9.17) is 0 Å². The molecule has 0 aliphatic rings. The molecule has 0 fully saturated rings. The summed E-state index contributed by atoms with van der Waals surface area (Å²) >= 11 is 0. The summed E-state index contributed by atoms with van der Waals surface area (Å²) in [7, 11) is 0. The van der Waals surface area contributed by atoms with Crippen molar-refractivity contribution < 1.29 is 0 Å². The normalized spacial score (nSPS) is 12.9. The van der Waals surface area contributed by atoms with E-state index in [0.29, 0.717) is 5.92 Å². The molecular weight excluding hydrogens is 348 g/mol. The molecule has 1 atom stereocenters. The molecule has 0 saturated carbocycles. The van der Waals surface area contributed by atoms with E-state index in [9.17, 15) is 0 Å². The Labute approximate surface area is 178 Å². The Morgan fingerprint density at radius 3 is 1.93 bits per heavy atom. The van der Waals surface area contributed by atoms with Gasteiger partial charge in [-0.2, -0.15) is 0 Å². The van der Waals surface area contributed by atoms with Crippen LogP contribution in [-0.4, -0.2) is 0 Å². The van der Waals surface area contributed by atoms with Gasteiger partial charge in [-0.05, 0) is 52.0 Å². The Morgan fingerprint density at radius 1 is 0.793 bits per heavy atom. The molecule has 151 valence electrons. The summed E-state index contributed by atoms with van der Waals surface area (Å²) in [6, 6.07) is 29.0. The van der Waals surface area contributed by atoms with Crippen molar-refractivity contribution in [2.24, 2.45) is 5.92 Å². The van der Waals surface area contributed by atoms with Crippen molar-refractivity contribution >= 4 is 0 Å². The standard InChI is InChI=1S/C29H35/c1-6-22(2)28(20-24-15-11-8-12-16-24)27-18-17-26(29(3,4)5)21-25(27)19-23-13-9-7-10-14-23/h7-18,21-22H,6,19-20H2,1-5H3. The maximum absolute atomic E-state index is 2.45. The topological polar surface area (TPSA) is 0 Å². The van der Waals surface area contributed by atoms with Crippen LogP contribution in [0.25, 0.3) is 0 Å². The van der Waals surface area contributed by atoms with Gasteiger partial charge in [-0.3, -0.25) is 0 Å². The molecule has 0 heterocycles. The first-order valence-electron chi connectivity index (χ1n) is 11.0.